The quantitative estimate of drug-likeness (QED) is 0.851. The van der Waals surface area contributed by atoms with Crippen LogP contribution in [-0.4, -0.2) is 22.7 Å². The van der Waals surface area contributed by atoms with Crippen LogP contribution in [0.2, 0.25) is 0 Å². The fourth-order valence-electron chi connectivity index (χ4n) is 1.06. The molecule has 86 valence electrons. The van der Waals surface area contributed by atoms with Gasteiger partial charge in [-0.05, 0) is 6.92 Å². The number of carbonyl (C=O) groups is 1. The highest BCUT2D eigenvalue weighted by atomic mass is 32.1. The molecule has 0 aromatic carbocycles. The third kappa shape index (κ3) is 3.21. The topological polar surface area (TPSA) is 83.2 Å². The standard InChI is InChI=1S/C10H12N2O3S/c1-6(3-4-11)5-15-10-12-7(2)8(16-10)9(13)14/h6H,3,5H2,1-2H3,(H,13,14). The first kappa shape index (κ1) is 12.5. The van der Waals surface area contributed by atoms with E-state index in [0.29, 0.717) is 23.9 Å². The SMILES string of the molecule is Cc1nc(OCC(C)CC#N)sc1C(=O)O. The molecule has 0 aliphatic heterocycles. The zero-order chi connectivity index (χ0) is 12.1. The minimum absolute atomic E-state index is 0.113. The van der Waals surface area contributed by atoms with Crippen LogP contribution in [0.5, 0.6) is 5.19 Å². The van der Waals surface area contributed by atoms with Gasteiger partial charge < -0.3 is 9.84 Å². The first-order valence-electron chi connectivity index (χ1n) is 4.75. The Morgan fingerprint density at radius 2 is 2.44 bits per heavy atom. The van der Waals surface area contributed by atoms with Gasteiger partial charge in [-0.1, -0.05) is 18.3 Å². The lowest BCUT2D eigenvalue weighted by molar-refractivity contribution is 0.0701. The van der Waals surface area contributed by atoms with Crippen molar-refractivity contribution in [3.05, 3.63) is 10.6 Å². The van der Waals surface area contributed by atoms with Gasteiger partial charge in [0.1, 0.15) is 4.88 Å². The second-order valence-corrected chi connectivity index (χ2v) is 4.44. The molecular formula is C10H12N2O3S. The monoisotopic (exact) mass is 240 g/mol. The molecule has 1 unspecified atom stereocenters. The van der Waals surface area contributed by atoms with Crippen LogP contribution in [0.3, 0.4) is 0 Å². The van der Waals surface area contributed by atoms with Crippen molar-refractivity contribution in [2.24, 2.45) is 5.92 Å². The molecule has 1 heterocycles. The zero-order valence-corrected chi connectivity index (χ0v) is 9.87. The Morgan fingerprint density at radius 1 is 1.75 bits per heavy atom. The van der Waals surface area contributed by atoms with Crippen LogP contribution in [0.15, 0.2) is 0 Å². The van der Waals surface area contributed by atoms with E-state index in [4.69, 9.17) is 15.1 Å². The predicted molar refractivity (Wildman–Crippen MR) is 58.7 cm³/mol. The van der Waals surface area contributed by atoms with Crippen molar-refractivity contribution in [2.45, 2.75) is 20.3 Å². The number of rotatable bonds is 5. The number of ether oxygens (including phenoxy) is 1. The van der Waals surface area contributed by atoms with Crippen LogP contribution in [0.1, 0.15) is 28.7 Å². The Kier molecular flexibility index (Phi) is 4.26. The molecule has 5 nitrogen and oxygen atoms in total. The second-order valence-electron chi connectivity index (χ2n) is 3.48. The summed E-state index contributed by atoms with van der Waals surface area (Å²) in [5, 5.41) is 17.6. The maximum absolute atomic E-state index is 10.7. The highest BCUT2D eigenvalue weighted by molar-refractivity contribution is 7.15. The van der Waals surface area contributed by atoms with E-state index >= 15 is 0 Å². The van der Waals surface area contributed by atoms with Gasteiger partial charge in [-0.2, -0.15) is 5.26 Å². The number of nitrogens with zero attached hydrogens (tertiary/aromatic N) is 2. The minimum Gasteiger partial charge on any atom is -0.477 e. The van der Waals surface area contributed by atoms with Gasteiger partial charge in [0, 0.05) is 12.3 Å². The van der Waals surface area contributed by atoms with Gasteiger partial charge in [0.25, 0.3) is 5.19 Å². The summed E-state index contributed by atoms with van der Waals surface area (Å²) in [7, 11) is 0. The van der Waals surface area contributed by atoms with Gasteiger partial charge in [0.2, 0.25) is 0 Å². The lowest BCUT2D eigenvalue weighted by atomic mass is 10.1. The normalized spacial score (nSPS) is 11.8. The van der Waals surface area contributed by atoms with Crippen molar-refractivity contribution in [1.29, 1.82) is 5.26 Å². The Hall–Kier alpha value is -1.61. The lowest BCUT2D eigenvalue weighted by Crippen LogP contribution is -2.07. The van der Waals surface area contributed by atoms with Crippen LogP contribution in [0.4, 0.5) is 0 Å². The van der Waals surface area contributed by atoms with E-state index in [1.807, 2.05) is 13.0 Å². The maximum atomic E-state index is 10.7. The lowest BCUT2D eigenvalue weighted by Gasteiger charge is -2.06. The van der Waals surface area contributed by atoms with Crippen molar-refractivity contribution in [3.63, 3.8) is 0 Å². The van der Waals surface area contributed by atoms with Crippen molar-refractivity contribution in [3.8, 4) is 11.3 Å². The molecule has 0 bridgehead atoms. The summed E-state index contributed by atoms with van der Waals surface area (Å²) in [5.74, 6) is -0.877. The third-order valence-corrected chi connectivity index (χ3v) is 2.96. The number of thiazole rings is 1. The maximum Gasteiger partial charge on any atom is 0.347 e. The van der Waals surface area contributed by atoms with Crippen molar-refractivity contribution in [2.75, 3.05) is 6.61 Å². The average molecular weight is 240 g/mol. The summed E-state index contributed by atoms with van der Waals surface area (Å²) in [5.41, 5.74) is 0.459. The fraction of sp³-hybridized carbons (Fsp3) is 0.500. The predicted octanol–water partition coefficient (Wildman–Crippen LogP) is 2.08. The van der Waals surface area contributed by atoms with Crippen LogP contribution < -0.4 is 4.74 Å². The number of aryl methyl sites for hydroxylation is 1. The molecule has 1 aromatic heterocycles. The molecule has 0 saturated carbocycles. The molecule has 0 saturated heterocycles. The molecule has 1 atom stereocenters. The van der Waals surface area contributed by atoms with Gasteiger partial charge in [-0.25, -0.2) is 9.78 Å². The summed E-state index contributed by atoms with van der Waals surface area (Å²) >= 11 is 1.01. The molecule has 6 heteroatoms. The van der Waals surface area contributed by atoms with E-state index in [1.54, 1.807) is 6.92 Å². The van der Waals surface area contributed by atoms with E-state index in [-0.39, 0.29) is 10.8 Å². The van der Waals surface area contributed by atoms with Gasteiger partial charge in [0.05, 0.1) is 18.4 Å². The van der Waals surface area contributed by atoms with Gasteiger partial charge >= 0.3 is 5.97 Å². The van der Waals surface area contributed by atoms with Crippen LogP contribution in [0, 0.1) is 24.2 Å². The summed E-state index contributed by atoms with van der Waals surface area (Å²) in [6.45, 7) is 3.90. The molecule has 16 heavy (non-hydrogen) atoms. The molecule has 0 radical (unpaired) electrons. The molecule has 0 fully saturated rings. The van der Waals surface area contributed by atoms with E-state index in [1.165, 1.54) is 0 Å². The Labute approximate surface area is 97.3 Å². The van der Waals surface area contributed by atoms with Gasteiger partial charge in [-0.3, -0.25) is 0 Å². The first-order valence-corrected chi connectivity index (χ1v) is 5.56. The van der Waals surface area contributed by atoms with Crippen LogP contribution in [-0.2, 0) is 0 Å². The average Bonchev–Trinajstić information content (AvgIpc) is 2.57. The molecule has 1 rings (SSSR count). The minimum atomic E-state index is -0.991. The number of nitriles is 1. The summed E-state index contributed by atoms with van der Waals surface area (Å²) in [4.78, 5) is 14.9. The summed E-state index contributed by atoms with van der Waals surface area (Å²) in [6, 6.07) is 2.05. The van der Waals surface area contributed by atoms with E-state index in [9.17, 15) is 4.79 Å². The second kappa shape index (κ2) is 5.47. The zero-order valence-electron chi connectivity index (χ0n) is 9.06. The number of carboxylic acids is 1. The third-order valence-electron chi connectivity index (χ3n) is 1.90. The molecule has 0 spiro atoms. The number of carboxylic acid groups (broad SMARTS) is 1. The molecular weight excluding hydrogens is 228 g/mol. The highest BCUT2D eigenvalue weighted by Crippen LogP contribution is 2.25. The van der Waals surface area contributed by atoms with E-state index < -0.39 is 5.97 Å². The molecule has 0 amide bonds. The number of hydrogen-bond donors (Lipinski definition) is 1. The van der Waals surface area contributed by atoms with E-state index in [2.05, 4.69) is 4.98 Å². The smallest absolute Gasteiger partial charge is 0.347 e. The molecule has 1 aromatic rings. The number of aromatic nitrogens is 1. The van der Waals surface area contributed by atoms with Crippen molar-refractivity contribution >= 4 is 17.3 Å². The van der Waals surface area contributed by atoms with Gasteiger partial charge in [-0.15, -0.1) is 0 Å². The summed E-state index contributed by atoms with van der Waals surface area (Å²) < 4.78 is 5.32. The number of aromatic carboxylic acids is 1. The van der Waals surface area contributed by atoms with Crippen molar-refractivity contribution < 1.29 is 14.6 Å². The Morgan fingerprint density at radius 3 is 2.94 bits per heavy atom. The van der Waals surface area contributed by atoms with Crippen LogP contribution in [0.25, 0.3) is 0 Å². The van der Waals surface area contributed by atoms with Crippen LogP contribution >= 0.6 is 11.3 Å². The molecule has 0 aliphatic rings. The highest BCUT2D eigenvalue weighted by Gasteiger charge is 2.15. The molecule has 0 aliphatic carbocycles. The fourth-order valence-corrected chi connectivity index (χ4v) is 1.82. The number of hydrogen-bond acceptors (Lipinski definition) is 5. The van der Waals surface area contributed by atoms with Crippen molar-refractivity contribution in [1.82, 2.24) is 4.98 Å². The summed E-state index contributed by atoms with van der Waals surface area (Å²) in [6.07, 6.45) is 0.413. The first-order chi connectivity index (χ1) is 7.54. The largest absolute Gasteiger partial charge is 0.477 e. The Balaban J connectivity index is 2.59. The van der Waals surface area contributed by atoms with E-state index in [0.717, 1.165) is 11.3 Å². The van der Waals surface area contributed by atoms with Gasteiger partial charge in [0.15, 0.2) is 0 Å². The molecule has 1 N–H and O–H groups in total. The Bertz CT molecular complexity index is 422.